The summed E-state index contributed by atoms with van der Waals surface area (Å²) in [6.07, 6.45) is 7.50. The van der Waals surface area contributed by atoms with Crippen LogP contribution in [0.5, 0.6) is 11.5 Å². The van der Waals surface area contributed by atoms with E-state index in [2.05, 4.69) is 20.3 Å². The van der Waals surface area contributed by atoms with Gasteiger partial charge in [-0.2, -0.15) is 0 Å². The first kappa shape index (κ1) is 23.9. The highest BCUT2D eigenvalue weighted by molar-refractivity contribution is 5.87. The summed E-state index contributed by atoms with van der Waals surface area (Å²) >= 11 is 0. The van der Waals surface area contributed by atoms with E-state index in [4.69, 9.17) is 18.9 Å². The number of hydrogen-bond acceptors (Lipinski definition) is 9. The number of nitrogens with one attached hydrogen (secondary N) is 1. The van der Waals surface area contributed by atoms with Crippen molar-refractivity contribution in [1.82, 2.24) is 19.5 Å². The van der Waals surface area contributed by atoms with E-state index in [1.165, 1.54) is 18.0 Å². The standard InChI is InChI=1S/C28H27N5O5/c1-18-2-4-19(5-3-18)7-11-25(34)35-14-21-8-10-24(38-21)33-16-32-26-27(30-15-31-28(26)33)29-13-20-6-9-22-23(12-20)37-17-36-22/h2-7,9,11-12,15-16,21,24H,8,10,13-14,17H2,1H3,(H,29,30,31)/b11-7+. The van der Waals surface area contributed by atoms with Crippen molar-refractivity contribution in [3.63, 3.8) is 0 Å². The molecule has 0 radical (unpaired) electrons. The van der Waals surface area contributed by atoms with Crippen molar-refractivity contribution in [3.8, 4) is 11.5 Å². The van der Waals surface area contributed by atoms with Crippen molar-refractivity contribution in [2.45, 2.75) is 38.6 Å². The highest BCUT2D eigenvalue weighted by atomic mass is 16.7. The van der Waals surface area contributed by atoms with Crippen LogP contribution in [0.15, 0.2) is 61.2 Å². The average molecular weight is 514 g/mol. The molecule has 194 valence electrons. The fraction of sp³-hybridized carbons (Fsp3) is 0.286. The van der Waals surface area contributed by atoms with E-state index >= 15 is 0 Å². The number of benzene rings is 2. The molecule has 0 bridgehead atoms. The molecule has 2 aliphatic heterocycles. The summed E-state index contributed by atoms with van der Waals surface area (Å²) in [7, 11) is 0. The number of aryl methyl sites for hydroxylation is 1. The molecule has 0 saturated carbocycles. The molecule has 4 heterocycles. The Morgan fingerprint density at radius 2 is 1.97 bits per heavy atom. The fourth-order valence-corrected chi connectivity index (χ4v) is 4.51. The van der Waals surface area contributed by atoms with Gasteiger partial charge in [0.2, 0.25) is 6.79 Å². The lowest BCUT2D eigenvalue weighted by Gasteiger charge is -2.15. The van der Waals surface area contributed by atoms with Crippen LogP contribution in [-0.4, -0.2) is 45.0 Å². The minimum atomic E-state index is -0.392. The Morgan fingerprint density at radius 3 is 2.87 bits per heavy atom. The van der Waals surface area contributed by atoms with Gasteiger partial charge in [0.25, 0.3) is 0 Å². The number of ether oxygens (including phenoxy) is 4. The van der Waals surface area contributed by atoms with Crippen LogP contribution < -0.4 is 14.8 Å². The van der Waals surface area contributed by atoms with Gasteiger partial charge in [-0.15, -0.1) is 0 Å². The van der Waals surface area contributed by atoms with Crippen molar-refractivity contribution in [1.29, 1.82) is 0 Å². The normalized spacial score (nSPS) is 18.3. The second kappa shape index (κ2) is 10.5. The van der Waals surface area contributed by atoms with Crippen LogP contribution in [0.25, 0.3) is 17.2 Å². The van der Waals surface area contributed by atoms with Crippen LogP contribution in [0.1, 0.15) is 35.8 Å². The van der Waals surface area contributed by atoms with Gasteiger partial charge in [-0.05, 0) is 49.1 Å². The molecule has 10 heteroatoms. The topological polar surface area (TPSA) is 110 Å². The molecule has 2 aromatic carbocycles. The number of rotatable bonds is 8. The largest absolute Gasteiger partial charge is 0.460 e. The summed E-state index contributed by atoms with van der Waals surface area (Å²) in [5, 5.41) is 3.34. The van der Waals surface area contributed by atoms with Crippen LogP contribution in [0, 0.1) is 6.92 Å². The molecule has 0 aliphatic carbocycles. The van der Waals surface area contributed by atoms with Gasteiger partial charge < -0.3 is 24.3 Å². The molecule has 2 unspecified atom stereocenters. The molecule has 1 N–H and O–H groups in total. The molecule has 4 aromatic rings. The lowest BCUT2D eigenvalue weighted by molar-refractivity contribution is -0.142. The Kier molecular flexibility index (Phi) is 6.62. The summed E-state index contributed by atoms with van der Waals surface area (Å²) in [5.74, 6) is 1.73. The summed E-state index contributed by atoms with van der Waals surface area (Å²) in [4.78, 5) is 25.5. The molecule has 0 spiro atoms. The monoisotopic (exact) mass is 513 g/mol. The SMILES string of the molecule is Cc1ccc(/C=C/C(=O)OCC2CCC(n3cnc4c(NCc5ccc6c(c5)OCO6)ncnc43)O2)cc1. The van der Waals surface area contributed by atoms with E-state index in [-0.39, 0.29) is 25.7 Å². The highest BCUT2D eigenvalue weighted by Crippen LogP contribution is 2.33. The van der Waals surface area contributed by atoms with Gasteiger partial charge in [-0.1, -0.05) is 35.9 Å². The number of anilines is 1. The van der Waals surface area contributed by atoms with Crippen LogP contribution in [0.2, 0.25) is 0 Å². The molecule has 0 amide bonds. The number of fused-ring (bicyclic) bond motifs is 2. The molecule has 1 fully saturated rings. The Labute approximate surface area is 219 Å². The predicted molar refractivity (Wildman–Crippen MR) is 140 cm³/mol. The maximum atomic E-state index is 12.2. The van der Waals surface area contributed by atoms with Crippen LogP contribution in [0.4, 0.5) is 5.82 Å². The number of nitrogens with zero attached hydrogens (tertiary/aromatic N) is 4. The van der Waals surface area contributed by atoms with Crippen molar-refractivity contribution in [2.75, 3.05) is 18.7 Å². The fourth-order valence-electron chi connectivity index (χ4n) is 4.51. The lowest BCUT2D eigenvalue weighted by Crippen LogP contribution is -2.18. The molecule has 2 atom stereocenters. The number of imidazole rings is 1. The first-order valence-corrected chi connectivity index (χ1v) is 12.5. The zero-order chi connectivity index (χ0) is 25.9. The summed E-state index contributed by atoms with van der Waals surface area (Å²) in [5.41, 5.74) is 4.49. The Bertz CT molecular complexity index is 1480. The number of carbonyl (C=O) groups excluding carboxylic acids is 1. The van der Waals surface area contributed by atoms with Gasteiger partial charge in [0.1, 0.15) is 19.2 Å². The van der Waals surface area contributed by atoms with Crippen molar-refractivity contribution >= 4 is 29.0 Å². The quantitative estimate of drug-likeness (QED) is 0.271. The van der Waals surface area contributed by atoms with E-state index in [9.17, 15) is 4.79 Å². The maximum Gasteiger partial charge on any atom is 0.330 e. The third kappa shape index (κ3) is 5.16. The number of aromatic nitrogens is 4. The van der Waals surface area contributed by atoms with E-state index in [0.717, 1.165) is 35.5 Å². The maximum absolute atomic E-state index is 12.2. The van der Waals surface area contributed by atoms with Crippen LogP contribution >= 0.6 is 0 Å². The second-order valence-corrected chi connectivity index (χ2v) is 9.25. The molecule has 38 heavy (non-hydrogen) atoms. The predicted octanol–water partition coefficient (Wildman–Crippen LogP) is 4.41. The summed E-state index contributed by atoms with van der Waals surface area (Å²) in [6, 6.07) is 13.7. The average Bonchev–Trinajstić information content (AvgIpc) is 3.69. The Balaban J connectivity index is 1.05. The minimum absolute atomic E-state index is 0.192. The van der Waals surface area contributed by atoms with Gasteiger partial charge in [0.15, 0.2) is 28.5 Å². The molecule has 6 rings (SSSR count). The minimum Gasteiger partial charge on any atom is -0.460 e. The molecule has 2 aliphatic rings. The first-order chi connectivity index (χ1) is 18.6. The first-order valence-electron chi connectivity index (χ1n) is 12.5. The highest BCUT2D eigenvalue weighted by Gasteiger charge is 2.29. The van der Waals surface area contributed by atoms with E-state index < -0.39 is 5.97 Å². The summed E-state index contributed by atoms with van der Waals surface area (Å²) in [6.45, 7) is 3.00. The number of carbonyl (C=O) groups is 1. The van der Waals surface area contributed by atoms with Crippen molar-refractivity contribution in [3.05, 3.63) is 77.9 Å². The van der Waals surface area contributed by atoms with Crippen LogP contribution in [0.3, 0.4) is 0 Å². The van der Waals surface area contributed by atoms with Gasteiger partial charge in [0, 0.05) is 12.6 Å². The van der Waals surface area contributed by atoms with E-state index in [1.54, 1.807) is 12.4 Å². The number of esters is 1. The molecule has 2 aromatic heterocycles. The van der Waals surface area contributed by atoms with E-state index in [1.807, 2.05) is 54.0 Å². The number of hydrogen-bond donors (Lipinski definition) is 1. The van der Waals surface area contributed by atoms with Crippen molar-refractivity contribution < 1.29 is 23.7 Å². The zero-order valence-electron chi connectivity index (χ0n) is 20.9. The van der Waals surface area contributed by atoms with Gasteiger partial charge in [0.05, 0.1) is 12.4 Å². The summed E-state index contributed by atoms with van der Waals surface area (Å²) < 4.78 is 24.3. The Hall–Kier alpha value is -4.44. The zero-order valence-corrected chi connectivity index (χ0v) is 20.9. The molecular formula is C28H27N5O5. The van der Waals surface area contributed by atoms with Gasteiger partial charge in [-0.3, -0.25) is 4.57 Å². The van der Waals surface area contributed by atoms with Gasteiger partial charge in [-0.25, -0.2) is 19.7 Å². The lowest BCUT2D eigenvalue weighted by atomic mass is 10.1. The third-order valence-corrected chi connectivity index (χ3v) is 6.55. The third-order valence-electron chi connectivity index (χ3n) is 6.55. The van der Waals surface area contributed by atoms with Crippen molar-refractivity contribution in [2.24, 2.45) is 0 Å². The molecular weight excluding hydrogens is 486 g/mol. The van der Waals surface area contributed by atoms with Gasteiger partial charge >= 0.3 is 5.97 Å². The molecule has 1 saturated heterocycles. The van der Waals surface area contributed by atoms with E-state index in [0.29, 0.717) is 23.5 Å². The smallest absolute Gasteiger partial charge is 0.330 e. The van der Waals surface area contributed by atoms with Crippen LogP contribution in [-0.2, 0) is 20.8 Å². The Morgan fingerprint density at radius 1 is 1.11 bits per heavy atom. The molecule has 10 nitrogen and oxygen atoms in total. The second-order valence-electron chi connectivity index (χ2n) is 9.25.